The predicted molar refractivity (Wildman–Crippen MR) is 61.1 cm³/mol. The van der Waals surface area contributed by atoms with Crippen LogP contribution in [0.4, 0.5) is 0 Å². The first-order valence-corrected chi connectivity index (χ1v) is 5.86. The molecule has 1 aromatic heterocycles. The Bertz CT molecular complexity index is 347. The molecule has 1 aliphatic rings. The van der Waals surface area contributed by atoms with Crippen molar-refractivity contribution >= 4 is 0 Å². The minimum Gasteiger partial charge on any atom is -0.371 e. The van der Waals surface area contributed by atoms with E-state index in [1.807, 2.05) is 13.0 Å². The van der Waals surface area contributed by atoms with Crippen LogP contribution in [0.15, 0.2) is 10.6 Å². The number of ether oxygens (including phenoxy) is 1. The van der Waals surface area contributed by atoms with Gasteiger partial charge in [-0.15, -0.1) is 0 Å². The van der Waals surface area contributed by atoms with Crippen molar-refractivity contribution in [2.75, 3.05) is 6.54 Å². The molecule has 0 amide bonds. The second-order valence-corrected chi connectivity index (χ2v) is 5.10. The van der Waals surface area contributed by atoms with E-state index >= 15 is 0 Å². The van der Waals surface area contributed by atoms with Gasteiger partial charge < -0.3 is 14.6 Å². The third-order valence-corrected chi connectivity index (χ3v) is 2.91. The summed E-state index contributed by atoms with van der Waals surface area (Å²) < 4.78 is 10.9. The first-order valence-electron chi connectivity index (χ1n) is 5.86. The van der Waals surface area contributed by atoms with Gasteiger partial charge in [0.05, 0.1) is 17.4 Å². The first-order chi connectivity index (χ1) is 7.55. The highest BCUT2D eigenvalue weighted by molar-refractivity contribution is 5.02. The molecule has 2 rings (SSSR count). The molecule has 90 valence electrons. The van der Waals surface area contributed by atoms with Gasteiger partial charge in [-0.25, -0.2) is 0 Å². The smallest absolute Gasteiger partial charge is 0.133 e. The Labute approximate surface area is 96.3 Å². The lowest BCUT2D eigenvalue weighted by molar-refractivity contribution is -0.0143. The highest BCUT2D eigenvalue weighted by Crippen LogP contribution is 2.28. The number of nitrogens with zero attached hydrogens (tertiary/aromatic N) is 1. The van der Waals surface area contributed by atoms with Gasteiger partial charge in [0.25, 0.3) is 0 Å². The molecular weight excluding hydrogens is 204 g/mol. The van der Waals surface area contributed by atoms with Crippen LogP contribution in [0.3, 0.4) is 0 Å². The summed E-state index contributed by atoms with van der Waals surface area (Å²) in [6, 6.07) is 1.95. The van der Waals surface area contributed by atoms with Crippen molar-refractivity contribution < 1.29 is 9.26 Å². The Morgan fingerprint density at radius 3 is 2.94 bits per heavy atom. The summed E-state index contributed by atoms with van der Waals surface area (Å²) in [6.07, 6.45) is 2.61. The van der Waals surface area contributed by atoms with Gasteiger partial charge in [0, 0.05) is 19.2 Å². The van der Waals surface area contributed by atoms with E-state index in [2.05, 4.69) is 24.3 Å². The molecule has 1 fully saturated rings. The zero-order valence-corrected chi connectivity index (χ0v) is 10.2. The van der Waals surface area contributed by atoms with Crippen molar-refractivity contribution in [1.82, 2.24) is 10.5 Å². The van der Waals surface area contributed by atoms with E-state index in [0.717, 1.165) is 37.4 Å². The largest absolute Gasteiger partial charge is 0.371 e. The number of rotatable bonds is 4. The Hall–Kier alpha value is -0.870. The maximum Gasteiger partial charge on any atom is 0.133 e. The lowest BCUT2D eigenvalue weighted by Gasteiger charge is -2.19. The lowest BCUT2D eigenvalue weighted by atomic mass is 10.1. The van der Waals surface area contributed by atoms with E-state index in [9.17, 15) is 0 Å². The van der Waals surface area contributed by atoms with E-state index in [1.165, 1.54) is 0 Å². The lowest BCUT2D eigenvalue weighted by Crippen LogP contribution is -2.29. The molecule has 0 radical (unpaired) electrons. The molecular formula is C12H20N2O2. The van der Waals surface area contributed by atoms with Gasteiger partial charge in [0.15, 0.2) is 0 Å². The molecule has 1 N–H and O–H groups in total. The Kier molecular flexibility index (Phi) is 3.30. The second kappa shape index (κ2) is 4.55. The van der Waals surface area contributed by atoms with Crippen LogP contribution >= 0.6 is 0 Å². The van der Waals surface area contributed by atoms with Gasteiger partial charge in [0.2, 0.25) is 0 Å². The molecule has 16 heavy (non-hydrogen) atoms. The average Bonchev–Trinajstić information content (AvgIpc) is 2.73. The maximum absolute atomic E-state index is 5.89. The summed E-state index contributed by atoms with van der Waals surface area (Å²) in [5.41, 5.74) is 1.01. The zero-order valence-electron chi connectivity index (χ0n) is 10.2. The van der Waals surface area contributed by atoms with E-state index in [1.54, 1.807) is 0 Å². The molecule has 0 aromatic carbocycles. The van der Waals surface area contributed by atoms with Gasteiger partial charge in [0.1, 0.15) is 5.76 Å². The third kappa shape index (κ3) is 3.06. The number of aryl methyl sites for hydroxylation is 1. The maximum atomic E-state index is 5.89. The molecule has 0 aliphatic carbocycles. The SMILES string of the molecule is Cc1cc(CNCC2CCC(C)(C)O2)no1. The van der Waals surface area contributed by atoms with Crippen LogP contribution < -0.4 is 5.32 Å². The summed E-state index contributed by atoms with van der Waals surface area (Å²) in [7, 11) is 0. The van der Waals surface area contributed by atoms with Crippen LogP contribution in [0.5, 0.6) is 0 Å². The molecule has 0 saturated carbocycles. The quantitative estimate of drug-likeness (QED) is 0.850. The van der Waals surface area contributed by atoms with Gasteiger partial charge in [-0.1, -0.05) is 5.16 Å². The number of hydrogen-bond donors (Lipinski definition) is 1. The molecule has 4 heteroatoms. The molecule has 0 bridgehead atoms. The summed E-state index contributed by atoms with van der Waals surface area (Å²) in [6.45, 7) is 7.83. The van der Waals surface area contributed by atoms with E-state index < -0.39 is 0 Å². The van der Waals surface area contributed by atoms with Crippen LogP contribution in [-0.2, 0) is 11.3 Å². The second-order valence-electron chi connectivity index (χ2n) is 5.10. The highest BCUT2D eigenvalue weighted by Gasteiger charge is 2.31. The predicted octanol–water partition coefficient (Wildman–Crippen LogP) is 2.03. The average molecular weight is 224 g/mol. The van der Waals surface area contributed by atoms with Gasteiger partial charge in [-0.3, -0.25) is 0 Å². The van der Waals surface area contributed by atoms with Crippen molar-refractivity contribution in [3.05, 3.63) is 17.5 Å². The molecule has 1 aliphatic heterocycles. The normalized spacial score (nSPS) is 23.8. The van der Waals surface area contributed by atoms with Crippen LogP contribution in [0.2, 0.25) is 0 Å². The summed E-state index contributed by atoms with van der Waals surface area (Å²) >= 11 is 0. The molecule has 4 nitrogen and oxygen atoms in total. The van der Waals surface area contributed by atoms with Crippen LogP contribution in [0.25, 0.3) is 0 Å². The van der Waals surface area contributed by atoms with Crippen LogP contribution in [0.1, 0.15) is 38.1 Å². The van der Waals surface area contributed by atoms with Crippen molar-refractivity contribution in [1.29, 1.82) is 0 Å². The minimum absolute atomic E-state index is 0.0524. The monoisotopic (exact) mass is 224 g/mol. The molecule has 2 heterocycles. The summed E-state index contributed by atoms with van der Waals surface area (Å²) in [5.74, 6) is 0.857. The Balaban J connectivity index is 1.69. The van der Waals surface area contributed by atoms with Crippen LogP contribution in [-0.4, -0.2) is 23.4 Å². The van der Waals surface area contributed by atoms with Gasteiger partial charge in [-0.2, -0.15) is 0 Å². The van der Waals surface area contributed by atoms with Crippen molar-refractivity contribution in [3.8, 4) is 0 Å². The highest BCUT2D eigenvalue weighted by atomic mass is 16.5. The fourth-order valence-corrected chi connectivity index (χ4v) is 2.08. The third-order valence-electron chi connectivity index (χ3n) is 2.91. The molecule has 1 unspecified atom stereocenters. The van der Waals surface area contributed by atoms with Gasteiger partial charge >= 0.3 is 0 Å². The zero-order chi connectivity index (χ0) is 11.6. The molecule has 1 saturated heterocycles. The van der Waals surface area contributed by atoms with Crippen molar-refractivity contribution in [2.24, 2.45) is 0 Å². The number of aromatic nitrogens is 1. The number of hydrogen-bond acceptors (Lipinski definition) is 4. The summed E-state index contributed by atoms with van der Waals surface area (Å²) in [4.78, 5) is 0. The topological polar surface area (TPSA) is 47.3 Å². The van der Waals surface area contributed by atoms with E-state index in [-0.39, 0.29) is 5.60 Å². The summed E-state index contributed by atoms with van der Waals surface area (Å²) in [5, 5.41) is 7.28. The van der Waals surface area contributed by atoms with Crippen LogP contribution in [0, 0.1) is 6.92 Å². The Morgan fingerprint density at radius 2 is 2.38 bits per heavy atom. The molecule has 0 spiro atoms. The van der Waals surface area contributed by atoms with Crippen molar-refractivity contribution in [2.45, 2.75) is 51.9 Å². The first kappa shape index (κ1) is 11.6. The fourth-order valence-electron chi connectivity index (χ4n) is 2.08. The fraction of sp³-hybridized carbons (Fsp3) is 0.750. The number of nitrogens with one attached hydrogen (secondary N) is 1. The standard InChI is InChI=1S/C12H20N2O2/c1-9-6-10(14-16-9)7-13-8-11-4-5-12(2,3)15-11/h6,11,13H,4-5,7-8H2,1-3H3. The van der Waals surface area contributed by atoms with E-state index in [4.69, 9.17) is 9.26 Å². The molecule has 1 aromatic rings. The Morgan fingerprint density at radius 1 is 1.56 bits per heavy atom. The molecule has 1 atom stereocenters. The van der Waals surface area contributed by atoms with Gasteiger partial charge in [-0.05, 0) is 33.6 Å². The van der Waals surface area contributed by atoms with E-state index in [0.29, 0.717) is 6.10 Å². The van der Waals surface area contributed by atoms with Crippen molar-refractivity contribution in [3.63, 3.8) is 0 Å². The minimum atomic E-state index is 0.0524.